The molecule has 2 heterocycles. The van der Waals surface area contributed by atoms with Gasteiger partial charge in [0.05, 0.1) is 23.9 Å². The van der Waals surface area contributed by atoms with Crippen molar-refractivity contribution in [2.24, 2.45) is 7.05 Å². The Balaban J connectivity index is 1.31. The molecule has 0 aliphatic carbocycles. The molecule has 0 radical (unpaired) electrons. The number of ether oxygens (including phenoxy) is 2. The number of aromatic nitrogens is 2. The molecular weight excluding hydrogens is 360 g/mol. The number of carbonyl (C=O) groups is 2. The molecule has 8 nitrogen and oxygen atoms in total. The lowest BCUT2D eigenvalue weighted by Crippen LogP contribution is -2.43. The molecular formula is C20H20N4O4. The van der Waals surface area contributed by atoms with Crippen molar-refractivity contribution in [2.45, 2.75) is 12.8 Å². The number of hydrazine groups is 1. The molecule has 0 saturated heterocycles. The zero-order valence-electron chi connectivity index (χ0n) is 15.4. The first-order chi connectivity index (χ1) is 13.6. The molecule has 1 aliphatic rings. The van der Waals surface area contributed by atoms with Gasteiger partial charge in [0.25, 0.3) is 0 Å². The number of benzene rings is 2. The highest BCUT2D eigenvalue weighted by Gasteiger charge is 2.15. The van der Waals surface area contributed by atoms with E-state index in [-0.39, 0.29) is 24.7 Å². The van der Waals surface area contributed by atoms with E-state index in [1.54, 1.807) is 18.2 Å². The van der Waals surface area contributed by atoms with Crippen molar-refractivity contribution in [3.8, 4) is 11.5 Å². The van der Waals surface area contributed by atoms with Crippen LogP contribution in [0.3, 0.4) is 0 Å². The molecule has 3 aromatic rings. The van der Waals surface area contributed by atoms with Crippen LogP contribution in [0.5, 0.6) is 11.5 Å². The molecule has 0 bridgehead atoms. The Hall–Kier alpha value is -3.55. The lowest BCUT2D eigenvalue weighted by atomic mass is 10.1. The van der Waals surface area contributed by atoms with Crippen LogP contribution in [0, 0.1) is 0 Å². The maximum atomic E-state index is 12.2. The standard InChI is InChI=1S/C20H20N4O4/c1-24-15-5-3-2-4-14(15)21-18(24)12-20(26)23-22-19(25)11-13-6-7-16-17(10-13)28-9-8-27-16/h2-7,10H,8-9,11-12H2,1H3,(H,22,25)(H,23,26). The molecule has 144 valence electrons. The summed E-state index contributed by atoms with van der Waals surface area (Å²) in [6, 6.07) is 13.0. The van der Waals surface area contributed by atoms with Gasteiger partial charge in [0, 0.05) is 7.05 Å². The number of imidazole rings is 1. The summed E-state index contributed by atoms with van der Waals surface area (Å²) in [6.45, 7) is 1.01. The van der Waals surface area contributed by atoms with E-state index in [4.69, 9.17) is 9.47 Å². The number of rotatable bonds is 4. The van der Waals surface area contributed by atoms with Crippen LogP contribution in [0.1, 0.15) is 11.4 Å². The normalized spacial score (nSPS) is 12.6. The first-order valence-electron chi connectivity index (χ1n) is 8.97. The highest BCUT2D eigenvalue weighted by molar-refractivity contribution is 5.85. The second-order valence-electron chi connectivity index (χ2n) is 6.50. The third-order valence-corrected chi connectivity index (χ3v) is 4.51. The molecule has 1 aliphatic heterocycles. The molecule has 0 saturated carbocycles. The van der Waals surface area contributed by atoms with Gasteiger partial charge in [-0.3, -0.25) is 20.4 Å². The van der Waals surface area contributed by atoms with E-state index in [1.165, 1.54) is 0 Å². The van der Waals surface area contributed by atoms with Gasteiger partial charge in [-0.25, -0.2) is 4.98 Å². The number of carbonyl (C=O) groups excluding carboxylic acids is 2. The molecule has 2 aromatic carbocycles. The topological polar surface area (TPSA) is 94.5 Å². The Bertz CT molecular complexity index is 1040. The monoisotopic (exact) mass is 380 g/mol. The summed E-state index contributed by atoms with van der Waals surface area (Å²) >= 11 is 0. The second-order valence-corrected chi connectivity index (χ2v) is 6.50. The number of nitrogens with zero attached hydrogens (tertiary/aromatic N) is 2. The van der Waals surface area contributed by atoms with E-state index in [0.717, 1.165) is 16.6 Å². The van der Waals surface area contributed by atoms with E-state index in [9.17, 15) is 9.59 Å². The Morgan fingerprint density at radius 1 is 1.00 bits per heavy atom. The van der Waals surface area contributed by atoms with Gasteiger partial charge >= 0.3 is 0 Å². The van der Waals surface area contributed by atoms with Gasteiger partial charge in [0.15, 0.2) is 11.5 Å². The lowest BCUT2D eigenvalue weighted by molar-refractivity contribution is -0.128. The fourth-order valence-electron chi connectivity index (χ4n) is 3.11. The van der Waals surface area contributed by atoms with Gasteiger partial charge in [-0.2, -0.15) is 0 Å². The van der Waals surface area contributed by atoms with Crippen molar-refractivity contribution in [3.05, 3.63) is 53.9 Å². The number of amides is 2. The Morgan fingerprint density at radius 2 is 1.71 bits per heavy atom. The van der Waals surface area contributed by atoms with Crippen LogP contribution in [-0.2, 0) is 29.5 Å². The van der Waals surface area contributed by atoms with Crippen molar-refractivity contribution < 1.29 is 19.1 Å². The Morgan fingerprint density at radius 3 is 2.50 bits per heavy atom. The molecule has 0 unspecified atom stereocenters. The maximum absolute atomic E-state index is 12.2. The summed E-state index contributed by atoms with van der Waals surface area (Å²) in [5.41, 5.74) is 7.42. The van der Waals surface area contributed by atoms with E-state index in [1.807, 2.05) is 35.9 Å². The summed E-state index contributed by atoms with van der Waals surface area (Å²) in [5, 5.41) is 0. The van der Waals surface area contributed by atoms with Gasteiger partial charge in [-0.05, 0) is 29.8 Å². The van der Waals surface area contributed by atoms with Crippen LogP contribution in [0.2, 0.25) is 0 Å². The molecule has 2 amide bonds. The van der Waals surface area contributed by atoms with Crippen LogP contribution in [-0.4, -0.2) is 34.6 Å². The average Bonchev–Trinajstić information content (AvgIpc) is 3.02. The van der Waals surface area contributed by atoms with Gasteiger partial charge in [-0.15, -0.1) is 0 Å². The van der Waals surface area contributed by atoms with Crippen LogP contribution in [0.25, 0.3) is 11.0 Å². The molecule has 28 heavy (non-hydrogen) atoms. The van der Waals surface area contributed by atoms with Crippen molar-refractivity contribution >= 4 is 22.8 Å². The predicted octanol–water partition coefficient (Wildman–Crippen LogP) is 1.28. The number of fused-ring (bicyclic) bond motifs is 2. The van der Waals surface area contributed by atoms with Crippen LogP contribution < -0.4 is 20.3 Å². The van der Waals surface area contributed by atoms with Gasteiger partial charge in [-0.1, -0.05) is 18.2 Å². The number of para-hydroxylation sites is 2. The van der Waals surface area contributed by atoms with Crippen LogP contribution >= 0.6 is 0 Å². The van der Waals surface area contributed by atoms with Gasteiger partial charge in [0.1, 0.15) is 19.0 Å². The predicted molar refractivity (Wildman–Crippen MR) is 102 cm³/mol. The zero-order valence-corrected chi connectivity index (χ0v) is 15.4. The molecule has 4 rings (SSSR count). The molecule has 0 fully saturated rings. The minimum absolute atomic E-state index is 0.0650. The third kappa shape index (κ3) is 3.75. The number of hydrogen-bond acceptors (Lipinski definition) is 5. The molecule has 0 spiro atoms. The fraction of sp³-hybridized carbons (Fsp3) is 0.250. The number of aryl methyl sites for hydroxylation is 1. The lowest BCUT2D eigenvalue weighted by Gasteiger charge is -2.18. The van der Waals surface area contributed by atoms with Crippen molar-refractivity contribution in [1.82, 2.24) is 20.4 Å². The summed E-state index contributed by atoms with van der Waals surface area (Å²) in [4.78, 5) is 28.8. The maximum Gasteiger partial charge on any atom is 0.245 e. The van der Waals surface area contributed by atoms with Gasteiger partial charge in [0.2, 0.25) is 11.8 Å². The van der Waals surface area contributed by atoms with Crippen molar-refractivity contribution in [3.63, 3.8) is 0 Å². The Kier molecular flexibility index (Phi) is 4.84. The first kappa shape index (κ1) is 17.8. The SMILES string of the molecule is Cn1c(CC(=O)NNC(=O)Cc2ccc3c(c2)OCCO3)nc2ccccc21. The highest BCUT2D eigenvalue weighted by atomic mass is 16.6. The Labute approximate surface area is 161 Å². The number of nitrogens with one attached hydrogen (secondary N) is 2. The minimum atomic E-state index is -0.339. The smallest absolute Gasteiger partial charge is 0.245 e. The largest absolute Gasteiger partial charge is 0.486 e. The van der Waals surface area contributed by atoms with Gasteiger partial charge < -0.3 is 14.0 Å². The van der Waals surface area contributed by atoms with Crippen LogP contribution in [0.15, 0.2) is 42.5 Å². The van der Waals surface area contributed by atoms with Crippen LogP contribution in [0.4, 0.5) is 0 Å². The number of hydrogen-bond donors (Lipinski definition) is 2. The van der Waals surface area contributed by atoms with E-state index >= 15 is 0 Å². The average molecular weight is 380 g/mol. The van der Waals surface area contributed by atoms with E-state index in [2.05, 4.69) is 15.8 Å². The highest BCUT2D eigenvalue weighted by Crippen LogP contribution is 2.30. The third-order valence-electron chi connectivity index (χ3n) is 4.51. The summed E-state index contributed by atoms with van der Waals surface area (Å²) in [7, 11) is 1.86. The molecule has 0 atom stereocenters. The van der Waals surface area contributed by atoms with E-state index < -0.39 is 0 Å². The second kappa shape index (κ2) is 7.59. The van der Waals surface area contributed by atoms with Crippen molar-refractivity contribution in [2.75, 3.05) is 13.2 Å². The fourth-order valence-corrected chi connectivity index (χ4v) is 3.11. The zero-order chi connectivity index (χ0) is 19.5. The quantitative estimate of drug-likeness (QED) is 0.665. The molecule has 2 N–H and O–H groups in total. The molecule has 1 aromatic heterocycles. The summed E-state index contributed by atoms with van der Waals surface area (Å²) in [5.74, 6) is 1.26. The van der Waals surface area contributed by atoms with E-state index in [0.29, 0.717) is 30.5 Å². The summed E-state index contributed by atoms with van der Waals surface area (Å²) in [6.07, 6.45) is 0.179. The molecule has 8 heteroatoms. The minimum Gasteiger partial charge on any atom is -0.486 e. The summed E-state index contributed by atoms with van der Waals surface area (Å²) < 4.78 is 12.8. The van der Waals surface area contributed by atoms with Crippen molar-refractivity contribution in [1.29, 1.82) is 0 Å². The first-order valence-corrected chi connectivity index (χ1v) is 8.97.